The summed E-state index contributed by atoms with van der Waals surface area (Å²) >= 11 is 0. The monoisotopic (exact) mass is 161 g/mol. The minimum Gasteiger partial charge on any atom is -0.480 e. The summed E-state index contributed by atoms with van der Waals surface area (Å²) in [6, 6.07) is 0. The number of nitrogens with one attached hydrogen (secondary N) is 1. The van der Waals surface area contributed by atoms with Gasteiger partial charge in [0, 0.05) is 13.7 Å². The third-order valence-electron chi connectivity index (χ3n) is 1.41. The average Bonchev–Trinajstić information content (AvgIpc) is 1.88. The standard InChI is InChI=1S/C7H15NO3/c1-7(2,6(9)10)8-4-5-11-3/h8H,4-5H2,1-3H3,(H,9,10). The number of carboxylic acids is 1. The molecule has 0 aromatic heterocycles. The molecule has 0 atom stereocenters. The number of aliphatic carboxylic acids is 1. The summed E-state index contributed by atoms with van der Waals surface area (Å²) in [7, 11) is 1.58. The Balaban J connectivity index is 3.64. The second kappa shape index (κ2) is 4.31. The van der Waals surface area contributed by atoms with Crippen LogP contribution in [-0.4, -0.2) is 36.9 Å². The first-order valence-electron chi connectivity index (χ1n) is 3.48. The summed E-state index contributed by atoms with van der Waals surface area (Å²) in [5, 5.41) is 11.5. The van der Waals surface area contributed by atoms with E-state index in [0.717, 1.165) is 0 Å². The summed E-state index contributed by atoms with van der Waals surface area (Å²) < 4.78 is 4.76. The molecular weight excluding hydrogens is 146 g/mol. The van der Waals surface area contributed by atoms with Crippen molar-refractivity contribution in [2.45, 2.75) is 19.4 Å². The molecule has 0 rings (SSSR count). The van der Waals surface area contributed by atoms with E-state index < -0.39 is 11.5 Å². The van der Waals surface area contributed by atoms with E-state index in [9.17, 15) is 4.79 Å². The van der Waals surface area contributed by atoms with Crippen molar-refractivity contribution in [1.29, 1.82) is 0 Å². The molecule has 11 heavy (non-hydrogen) atoms. The van der Waals surface area contributed by atoms with Crippen LogP contribution in [0, 0.1) is 0 Å². The second-order valence-electron chi connectivity index (χ2n) is 2.85. The minimum atomic E-state index is -0.863. The van der Waals surface area contributed by atoms with Crippen molar-refractivity contribution in [2.75, 3.05) is 20.3 Å². The van der Waals surface area contributed by atoms with Crippen molar-refractivity contribution in [3.63, 3.8) is 0 Å². The molecule has 0 aliphatic rings. The molecule has 0 heterocycles. The number of carboxylic acid groups (broad SMARTS) is 1. The van der Waals surface area contributed by atoms with E-state index in [1.54, 1.807) is 21.0 Å². The van der Waals surface area contributed by atoms with Crippen molar-refractivity contribution < 1.29 is 14.6 Å². The fourth-order valence-electron chi connectivity index (χ4n) is 0.541. The molecule has 4 nitrogen and oxygen atoms in total. The van der Waals surface area contributed by atoms with Crippen molar-refractivity contribution in [3.8, 4) is 0 Å². The fourth-order valence-corrected chi connectivity index (χ4v) is 0.541. The Morgan fingerprint density at radius 2 is 2.18 bits per heavy atom. The lowest BCUT2D eigenvalue weighted by Gasteiger charge is -2.20. The molecule has 0 aromatic carbocycles. The Morgan fingerprint density at radius 3 is 2.55 bits per heavy atom. The molecule has 0 aliphatic carbocycles. The first-order valence-corrected chi connectivity index (χ1v) is 3.48. The topological polar surface area (TPSA) is 58.6 Å². The summed E-state index contributed by atoms with van der Waals surface area (Å²) in [5.74, 6) is -0.853. The molecule has 0 aliphatic heterocycles. The molecule has 0 saturated heterocycles. The number of hydrogen-bond acceptors (Lipinski definition) is 3. The lowest BCUT2D eigenvalue weighted by molar-refractivity contribution is -0.143. The van der Waals surface area contributed by atoms with E-state index >= 15 is 0 Å². The van der Waals surface area contributed by atoms with Gasteiger partial charge in [-0.25, -0.2) is 0 Å². The lowest BCUT2D eigenvalue weighted by atomic mass is 10.1. The van der Waals surface area contributed by atoms with Gasteiger partial charge >= 0.3 is 5.97 Å². The summed E-state index contributed by atoms with van der Waals surface area (Å²) in [4.78, 5) is 10.5. The highest BCUT2D eigenvalue weighted by atomic mass is 16.5. The van der Waals surface area contributed by atoms with E-state index in [4.69, 9.17) is 9.84 Å². The van der Waals surface area contributed by atoms with Gasteiger partial charge in [0.2, 0.25) is 0 Å². The molecule has 0 unspecified atom stereocenters. The quantitative estimate of drug-likeness (QED) is 0.561. The fraction of sp³-hybridized carbons (Fsp3) is 0.857. The minimum absolute atomic E-state index is 0.525. The van der Waals surface area contributed by atoms with Gasteiger partial charge in [-0.05, 0) is 13.8 Å². The van der Waals surface area contributed by atoms with E-state index in [1.807, 2.05) is 0 Å². The van der Waals surface area contributed by atoms with Gasteiger partial charge in [-0.2, -0.15) is 0 Å². The Bertz CT molecular complexity index is 134. The Kier molecular flexibility index (Phi) is 4.07. The van der Waals surface area contributed by atoms with Crippen LogP contribution in [0.25, 0.3) is 0 Å². The second-order valence-corrected chi connectivity index (χ2v) is 2.85. The number of methoxy groups -OCH3 is 1. The molecule has 0 amide bonds. The van der Waals surface area contributed by atoms with E-state index in [-0.39, 0.29) is 0 Å². The molecular formula is C7H15NO3. The largest absolute Gasteiger partial charge is 0.480 e. The van der Waals surface area contributed by atoms with E-state index in [2.05, 4.69) is 5.32 Å². The lowest BCUT2D eigenvalue weighted by Crippen LogP contribution is -2.47. The molecule has 66 valence electrons. The third kappa shape index (κ3) is 3.95. The van der Waals surface area contributed by atoms with Gasteiger partial charge in [0.05, 0.1) is 6.61 Å². The number of rotatable bonds is 5. The Morgan fingerprint density at radius 1 is 1.64 bits per heavy atom. The van der Waals surface area contributed by atoms with Crippen LogP contribution < -0.4 is 5.32 Å². The van der Waals surface area contributed by atoms with Crippen LogP contribution in [-0.2, 0) is 9.53 Å². The van der Waals surface area contributed by atoms with Gasteiger partial charge in [-0.3, -0.25) is 4.79 Å². The third-order valence-corrected chi connectivity index (χ3v) is 1.41. The molecule has 0 bridgehead atoms. The van der Waals surface area contributed by atoms with Gasteiger partial charge in [-0.15, -0.1) is 0 Å². The molecule has 4 heteroatoms. The van der Waals surface area contributed by atoms with Crippen LogP contribution in [0.2, 0.25) is 0 Å². The van der Waals surface area contributed by atoms with Gasteiger partial charge in [0.1, 0.15) is 5.54 Å². The van der Waals surface area contributed by atoms with E-state index in [0.29, 0.717) is 13.2 Å². The SMILES string of the molecule is COCCNC(C)(C)C(=O)O. The first-order chi connectivity index (χ1) is 5.00. The predicted octanol–water partition coefficient (Wildman–Crippen LogP) is 0.0856. The summed E-state index contributed by atoms with van der Waals surface area (Å²) in [6.45, 7) is 4.31. The molecule has 0 fully saturated rings. The van der Waals surface area contributed by atoms with Crippen LogP contribution in [0.15, 0.2) is 0 Å². The van der Waals surface area contributed by atoms with Crippen LogP contribution in [0.4, 0.5) is 0 Å². The normalized spacial score (nSPS) is 11.5. The van der Waals surface area contributed by atoms with Gasteiger partial charge in [-0.1, -0.05) is 0 Å². The zero-order valence-corrected chi connectivity index (χ0v) is 7.18. The van der Waals surface area contributed by atoms with Crippen molar-refractivity contribution in [1.82, 2.24) is 5.32 Å². The Hall–Kier alpha value is -0.610. The maximum Gasteiger partial charge on any atom is 0.323 e. The Labute approximate surface area is 66.5 Å². The van der Waals surface area contributed by atoms with Crippen molar-refractivity contribution in [2.24, 2.45) is 0 Å². The zero-order valence-electron chi connectivity index (χ0n) is 7.18. The predicted molar refractivity (Wildman–Crippen MR) is 41.6 cm³/mol. The average molecular weight is 161 g/mol. The molecule has 0 radical (unpaired) electrons. The maximum absolute atomic E-state index is 10.5. The van der Waals surface area contributed by atoms with Crippen LogP contribution in [0.1, 0.15) is 13.8 Å². The van der Waals surface area contributed by atoms with Crippen molar-refractivity contribution >= 4 is 5.97 Å². The highest BCUT2D eigenvalue weighted by molar-refractivity contribution is 5.77. The number of ether oxygens (including phenoxy) is 1. The van der Waals surface area contributed by atoms with Crippen LogP contribution in [0.5, 0.6) is 0 Å². The summed E-state index contributed by atoms with van der Waals surface area (Å²) in [6.07, 6.45) is 0. The van der Waals surface area contributed by atoms with Gasteiger partial charge in [0.25, 0.3) is 0 Å². The highest BCUT2D eigenvalue weighted by Gasteiger charge is 2.25. The highest BCUT2D eigenvalue weighted by Crippen LogP contribution is 1.99. The van der Waals surface area contributed by atoms with Gasteiger partial charge in [0.15, 0.2) is 0 Å². The molecule has 0 saturated carbocycles. The number of hydrogen-bond donors (Lipinski definition) is 2. The first kappa shape index (κ1) is 10.4. The smallest absolute Gasteiger partial charge is 0.323 e. The summed E-state index contributed by atoms with van der Waals surface area (Å²) in [5.41, 5.74) is -0.863. The number of carbonyl (C=O) groups is 1. The van der Waals surface area contributed by atoms with Gasteiger partial charge < -0.3 is 15.2 Å². The van der Waals surface area contributed by atoms with Crippen LogP contribution >= 0.6 is 0 Å². The van der Waals surface area contributed by atoms with E-state index in [1.165, 1.54) is 0 Å². The molecule has 0 aromatic rings. The molecule has 0 spiro atoms. The van der Waals surface area contributed by atoms with Crippen LogP contribution in [0.3, 0.4) is 0 Å². The molecule has 2 N–H and O–H groups in total. The maximum atomic E-state index is 10.5. The zero-order chi connectivity index (χ0) is 8.91. The van der Waals surface area contributed by atoms with Crippen molar-refractivity contribution in [3.05, 3.63) is 0 Å².